The normalized spacial score (nSPS) is 17.6. The average molecular weight is 338 g/mol. The Balaban J connectivity index is 1.71. The third-order valence-corrected chi connectivity index (χ3v) is 4.46. The van der Waals surface area contributed by atoms with E-state index in [9.17, 15) is 4.79 Å². The van der Waals surface area contributed by atoms with E-state index in [1.54, 1.807) is 12.4 Å². The van der Waals surface area contributed by atoms with E-state index >= 15 is 0 Å². The molecule has 0 saturated carbocycles. The Kier molecular flexibility index (Phi) is 4.96. The molecule has 1 aliphatic rings. The number of esters is 1. The first kappa shape index (κ1) is 15.3. The van der Waals surface area contributed by atoms with Crippen LogP contribution in [0.3, 0.4) is 0 Å². The molecule has 3 rings (SSSR count). The Bertz CT molecular complexity index is 641. The summed E-state index contributed by atoms with van der Waals surface area (Å²) in [5.74, 6) is -0.436. The zero-order valence-electron chi connectivity index (χ0n) is 11.9. The Hall–Kier alpha value is -1.58. The summed E-state index contributed by atoms with van der Waals surface area (Å²) in [6.07, 6.45) is 7.09. The number of rotatable bonds is 5. The molecule has 116 valence electrons. The SMILES string of the molecule is CSc1ncc(-c2nnsc2C(=O)OC[C@@H]2CCCO2)cn1. The van der Waals surface area contributed by atoms with Crippen LogP contribution in [0, 0.1) is 0 Å². The molecule has 0 aromatic carbocycles. The van der Waals surface area contributed by atoms with Crippen LogP contribution in [0.15, 0.2) is 17.6 Å². The van der Waals surface area contributed by atoms with Crippen LogP contribution in [0.25, 0.3) is 11.3 Å². The second-order valence-corrected chi connectivity index (χ2v) is 6.17. The van der Waals surface area contributed by atoms with E-state index in [-0.39, 0.29) is 12.7 Å². The molecule has 1 fully saturated rings. The standard InChI is InChI=1S/C13H14N4O3S2/c1-21-13-14-5-8(6-15-13)10-11(22-17-16-10)12(18)20-7-9-3-2-4-19-9/h5-6,9H,2-4,7H2,1H3/t9-/m0/s1. The quantitative estimate of drug-likeness (QED) is 0.465. The first-order valence-corrected chi connectivity index (χ1v) is 8.75. The molecule has 0 N–H and O–H groups in total. The van der Waals surface area contributed by atoms with Gasteiger partial charge in [0, 0.05) is 24.6 Å². The summed E-state index contributed by atoms with van der Waals surface area (Å²) in [5, 5.41) is 4.65. The minimum absolute atomic E-state index is 0.00234. The zero-order valence-corrected chi connectivity index (χ0v) is 13.5. The Morgan fingerprint density at radius 2 is 2.32 bits per heavy atom. The lowest BCUT2D eigenvalue weighted by atomic mass is 10.2. The van der Waals surface area contributed by atoms with E-state index in [0.717, 1.165) is 31.0 Å². The molecular weight excluding hydrogens is 324 g/mol. The molecule has 1 atom stereocenters. The van der Waals surface area contributed by atoms with Crippen LogP contribution in [0.1, 0.15) is 22.5 Å². The molecule has 2 aromatic rings. The third kappa shape index (κ3) is 3.42. The fraction of sp³-hybridized carbons (Fsp3) is 0.462. The van der Waals surface area contributed by atoms with Gasteiger partial charge in [-0.2, -0.15) is 0 Å². The maximum Gasteiger partial charge on any atom is 0.352 e. The second-order valence-electron chi connectivity index (χ2n) is 4.64. The van der Waals surface area contributed by atoms with Crippen molar-refractivity contribution in [3.63, 3.8) is 0 Å². The van der Waals surface area contributed by atoms with Crippen molar-refractivity contribution in [3.05, 3.63) is 17.3 Å². The minimum Gasteiger partial charge on any atom is -0.459 e. The topological polar surface area (TPSA) is 87.1 Å². The van der Waals surface area contributed by atoms with Crippen molar-refractivity contribution >= 4 is 29.3 Å². The van der Waals surface area contributed by atoms with Gasteiger partial charge in [0.15, 0.2) is 10.0 Å². The van der Waals surface area contributed by atoms with Gasteiger partial charge in [-0.1, -0.05) is 16.3 Å². The van der Waals surface area contributed by atoms with Crippen molar-refractivity contribution in [1.82, 2.24) is 19.6 Å². The number of hydrogen-bond acceptors (Lipinski definition) is 9. The van der Waals surface area contributed by atoms with Crippen molar-refractivity contribution in [2.75, 3.05) is 19.5 Å². The molecule has 0 spiro atoms. The molecule has 0 bridgehead atoms. The monoisotopic (exact) mass is 338 g/mol. The van der Waals surface area contributed by atoms with Gasteiger partial charge in [0.05, 0.1) is 6.10 Å². The van der Waals surface area contributed by atoms with Crippen molar-refractivity contribution in [1.29, 1.82) is 0 Å². The van der Waals surface area contributed by atoms with E-state index in [4.69, 9.17) is 9.47 Å². The molecule has 1 aliphatic heterocycles. The highest BCUT2D eigenvalue weighted by atomic mass is 32.2. The average Bonchev–Trinajstić information content (AvgIpc) is 3.24. The lowest BCUT2D eigenvalue weighted by Gasteiger charge is -2.09. The van der Waals surface area contributed by atoms with Gasteiger partial charge in [-0.3, -0.25) is 0 Å². The van der Waals surface area contributed by atoms with Crippen LogP contribution in [-0.2, 0) is 9.47 Å². The number of ether oxygens (including phenoxy) is 2. The summed E-state index contributed by atoms with van der Waals surface area (Å²) in [6.45, 7) is 0.993. The molecule has 0 amide bonds. The van der Waals surface area contributed by atoms with E-state index in [1.807, 2.05) is 6.26 Å². The summed E-state index contributed by atoms with van der Waals surface area (Å²) >= 11 is 2.45. The van der Waals surface area contributed by atoms with Gasteiger partial charge < -0.3 is 9.47 Å². The number of thioether (sulfide) groups is 1. The fourth-order valence-electron chi connectivity index (χ4n) is 2.07. The minimum atomic E-state index is -0.436. The molecule has 7 nitrogen and oxygen atoms in total. The predicted molar refractivity (Wildman–Crippen MR) is 82.0 cm³/mol. The number of carbonyl (C=O) groups excluding carboxylic acids is 1. The molecule has 3 heterocycles. The molecule has 1 saturated heterocycles. The van der Waals surface area contributed by atoms with E-state index in [2.05, 4.69) is 19.6 Å². The molecule has 0 unspecified atom stereocenters. The van der Waals surface area contributed by atoms with Gasteiger partial charge in [0.25, 0.3) is 0 Å². The number of aromatic nitrogens is 4. The van der Waals surface area contributed by atoms with Gasteiger partial charge in [0.2, 0.25) is 0 Å². The number of carbonyl (C=O) groups is 1. The fourth-order valence-corrected chi connectivity index (χ4v) is 2.97. The van der Waals surface area contributed by atoms with Gasteiger partial charge in [-0.15, -0.1) is 5.10 Å². The first-order valence-electron chi connectivity index (χ1n) is 6.75. The van der Waals surface area contributed by atoms with Crippen LogP contribution >= 0.6 is 23.3 Å². The summed E-state index contributed by atoms with van der Waals surface area (Å²) in [6, 6.07) is 0. The van der Waals surface area contributed by atoms with Crippen LogP contribution in [0.5, 0.6) is 0 Å². The summed E-state index contributed by atoms with van der Waals surface area (Å²) in [4.78, 5) is 20.9. The molecular formula is C13H14N4O3S2. The molecule has 22 heavy (non-hydrogen) atoms. The predicted octanol–water partition coefficient (Wildman–Crippen LogP) is 2.05. The highest BCUT2D eigenvalue weighted by molar-refractivity contribution is 7.98. The molecule has 0 radical (unpaired) electrons. The first-order chi connectivity index (χ1) is 10.8. The van der Waals surface area contributed by atoms with E-state index in [1.165, 1.54) is 11.8 Å². The number of nitrogens with zero attached hydrogens (tertiary/aromatic N) is 4. The van der Waals surface area contributed by atoms with Crippen molar-refractivity contribution in [2.24, 2.45) is 0 Å². The van der Waals surface area contributed by atoms with Gasteiger partial charge in [0.1, 0.15) is 12.3 Å². The zero-order chi connectivity index (χ0) is 15.4. The third-order valence-electron chi connectivity index (χ3n) is 3.18. The Morgan fingerprint density at radius 3 is 3.00 bits per heavy atom. The van der Waals surface area contributed by atoms with E-state index < -0.39 is 5.97 Å². The molecule has 0 aliphatic carbocycles. The summed E-state index contributed by atoms with van der Waals surface area (Å²) in [7, 11) is 0. The van der Waals surface area contributed by atoms with Gasteiger partial charge >= 0.3 is 5.97 Å². The molecule has 2 aromatic heterocycles. The second kappa shape index (κ2) is 7.12. The Morgan fingerprint density at radius 1 is 1.50 bits per heavy atom. The van der Waals surface area contributed by atoms with E-state index in [0.29, 0.717) is 21.3 Å². The van der Waals surface area contributed by atoms with Gasteiger partial charge in [-0.05, 0) is 30.6 Å². The maximum absolute atomic E-state index is 12.2. The largest absolute Gasteiger partial charge is 0.459 e. The summed E-state index contributed by atoms with van der Waals surface area (Å²) in [5.41, 5.74) is 1.10. The highest BCUT2D eigenvalue weighted by Crippen LogP contribution is 2.24. The van der Waals surface area contributed by atoms with Crippen LogP contribution in [0.4, 0.5) is 0 Å². The Labute approximate surface area is 135 Å². The van der Waals surface area contributed by atoms with Crippen molar-refractivity contribution in [2.45, 2.75) is 24.1 Å². The van der Waals surface area contributed by atoms with Crippen molar-refractivity contribution in [3.8, 4) is 11.3 Å². The number of hydrogen-bond donors (Lipinski definition) is 0. The van der Waals surface area contributed by atoms with Crippen LogP contribution in [0.2, 0.25) is 0 Å². The lowest BCUT2D eigenvalue weighted by Crippen LogP contribution is -2.17. The molecule has 9 heteroatoms. The maximum atomic E-state index is 12.2. The van der Waals surface area contributed by atoms with Gasteiger partial charge in [-0.25, -0.2) is 14.8 Å². The lowest BCUT2D eigenvalue weighted by molar-refractivity contribution is 0.0166. The smallest absolute Gasteiger partial charge is 0.352 e. The van der Waals surface area contributed by atoms with Crippen LogP contribution in [-0.4, -0.2) is 51.1 Å². The highest BCUT2D eigenvalue weighted by Gasteiger charge is 2.23. The summed E-state index contributed by atoms with van der Waals surface area (Å²) < 4.78 is 14.6. The van der Waals surface area contributed by atoms with Crippen LogP contribution < -0.4 is 0 Å². The van der Waals surface area contributed by atoms with Crippen molar-refractivity contribution < 1.29 is 14.3 Å².